The van der Waals surface area contributed by atoms with Gasteiger partial charge in [0.1, 0.15) is 5.75 Å². The molecular formula is C19H20N4O2S2. The van der Waals surface area contributed by atoms with E-state index in [4.69, 9.17) is 4.74 Å². The van der Waals surface area contributed by atoms with Crippen LogP contribution in [-0.2, 0) is 11.3 Å². The summed E-state index contributed by atoms with van der Waals surface area (Å²) in [6, 6.07) is 17.4. The molecule has 0 aliphatic rings. The summed E-state index contributed by atoms with van der Waals surface area (Å²) < 4.78 is 6.14. The minimum absolute atomic E-state index is 0.0850. The number of hydrogen-bond acceptors (Lipinski definition) is 7. The zero-order valence-electron chi connectivity index (χ0n) is 14.8. The van der Waals surface area contributed by atoms with Gasteiger partial charge in [-0.15, -0.1) is 10.2 Å². The molecule has 0 saturated carbocycles. The summed E-state index contributed by atoms with van der Waals surface area (Å²) in [7, 11) is 0. The highest BCUT2D eigenvalue weighted by atomic mass is 32.2. The van der Waals surface area contributed by atoms with Gasteiger partial charge in [0.05, 0.1) is 12.4 Å². The van der Waals surface area contributed by atoms with Crippen molar-refractivity contribution >= 4 is 39.8 Å². The van der Waals surface area contributed by atoms with Crippen molar-refractivity contribution in [2.24, 2.45) is 0 Å². The van der Waals surface area contributed by atoms with Crippen LogP contribution in [-0.4, -0.2) is 28.5 Å². The molecule has 0 spiro atoms. The minimum atomic E-state index is -0.0850. The zero-order valence-corrected chi connectivity index (χ0v) is 16.5. The number of benzene rings is 2. The molecule has 2 aromatic carbocycles. The average molecular weight is 401 g/mol. The average Bonchev–Trinajstić information content (AvgIpc) is 3.15. The van der Waals surface area contributed by atoms with E-state index in [-0.39, 0.29) is 11.7 Å². The molecule has 8 heteroatoms. The highest BCUT2D eigenvalue weighted by molar-refractivity contribution is 8.01. The lowest BCUT2D eigenvalue weighted by atomic mass is 10.2. The normalized spacial score (nSPS) is 10.4. The van der Waals surface area contributed by atoms with Crippen LogP contribution in [0, 0.1) is 0 Å². The second kappa shape index (κ2) is 9.94. The third-order valence-corrected chi connectivity index (χ3v) is 5.48. The number of ether oxygens (including phenoxy) is 1. The van der Waals surface area contributed by atoms with Crippen molar-refractivity contribution in [3.8, 4) is 5.75 Å². The first-order valence-electron chi connectivity index (χ1n) is 8.50. The predicted molar refractivity (Wildman–Crippen MR) is 111 cm³/mol. The number of nitrogens with zero attached hydrogens (tertiary/aromatic N) is 2. The third kappa shape index (κ3) is 6.26. The topological polar surface area (TPSA) is 76.1 Å². The number of thioether (sulfide) groups is 1. The first kappa shape index (κ1) is 19.2. The Balaban J connectivity index is 1.43. The van der Waals surface area contributed by atoms with Crippen LogP contribution in [0.25, 0.3) is 0 Å². The summed E-state index contributed by atoms with van der Waals surface area (Å²) in [5, 5.41) is 15.1. The summed E-state index contributed by atoms with van der Waals surface area (Å²) in [6.07, 6.45) is 0. The molecular weight excluding hydrogens is 380 g/mol. The molecule has 6 nitrogen and oxygen atoms in total. The smallest absolute Gasteiger partial charge is 0.234 e. The molecule has 0 fully saturated rings. The highest BCUT2D eigenvalue weighted by Crippen LogP contribution is 2.26. The van der Waals surface area contributed by atoms with Crippen molar-refractivity contribution in [3.63, 3.8) is 0 Å². The molecule has 140 valence electrons. The van der Waals surface area contributed by atoms with Crippen LogP contribution in [0.1, 0.15) is 12.5 Å². The Morgan fingerprint density at radius 2 is 1.89 bits per heavy atom. The summed E-state index contributed by atoms with van der Waals surface area (Å²) >= 11 is 2.81. The molecule has 1 heterocycles. The molecule has 0 unspecified atom stereocenters. The first-order valence-corrected chi connectivity index (χ1v) is 10.3. The van der Waals surface area contributed by atoms with E-state index in [1.54, 1.807) is 0 Å². The Labute approximate surface area is 166 Å². The number of anilines is 2. The molecule has 0 atom stereocenters. The monoisotopic (exact) mass is 400 g/mol. The van der Waals surface area contributed by atoms with Gasteiger partial charge < -0.3 is 15.4 Å². The van der Waals surface area contributed by atoms with Gasteiger partial charge in [-0.1, -0.05) is 53.4 Å². The summed E-state index contributed by atoms with van der Waals surface area (Å²) in [5.41, 5.74) is 1.92. The molecule has 0 bridgehead atoms. The van der Waals surface area contributed by atoms with E-state index in [2.05, 4.69) is 33.0 Å². The van der Waals surface area contributed by atoms with Gasteiger partial charge in [0.2, 0.25) is 11.0 Å². The molecule has 2 N–H and O–H groups in total. The van der Waals surface area contributed by atoms with Gasteiger partial charge in [0, 0.05) is 12.2 Å². The van der Waals surface area contributed by atoms with Crippen LogP contribution in [0.3, 0.4) is 0 Å². The molecule has 3 rings (SSSR count). The third-order valence-electron chi connectivity index (χ3n) is 3.47. The lowest BCUT2D eigenvalue weighted by Gasteiger charge is -2.06. The number of hydrogen-bond donors (Lipinski definition) is 2. The quantitative estimate of drug-likeness (QED) is 0.522. The van der Waals surface area contributed by atoms with Gasteiger partial charge in [0.15, 0.2) is 4.34 Å². The number of aromatic nitrogens is 2. The summed E-state index contributed by atoms with van der Waals surface area (Å²) in [6.45, 7) is 3.24. The van der Waals surface area contributed by atoms with Gasteiger partial charge >= 0.3 is 0 Å². The summed E-state index contributed by atoms with van der Waals surface area (Å²) in [4.78, 5) is 12.1. The van der Waals surface area contributed by atoms with E-state index in [1.165, 1.54) is 28.7 Å². The van der Waals surface area contributed by atoms with Crippen LogP contribution in [0.15, 0.2) is 58.9 Å². The number of amides is 1. The fraction of sp³-hybridized carbons (Fsp3) is 0.211. The fourth-order valence-electron chi connectivity index (χ4n) is 2.24. The van der Waals surface area contributed by atoms with Crippen LogP contribution in [0.2, 0.25) is 0 Å². The Morgan fingerprint density at radius 3 is 2.63 bits per heavy atom. The van der Waals surface area contributed by atoms with Gasteiger partial charge in [-0.25, -0.2) is 0 Å². The maximum absolute atomic E-state index is 12.1. The number of carbonyl (C=O) groups is 1. The number of carbonyl (C=O) groups excluding carboxylic acids is 1. The SMILES string of the molecule is CCOc1ccc(NC(=O)CSc2nnc(NCc3ccccc3)s2)cc1. The molecule has 0 aliphatic heterocycles. The van der Waals surface area contributed by atoms with Crippen molar-refractivity contribution in [1.82, 2.24) is 10.2 Å². The molecule has 27 heavy (non-hydrogen) atoms. The maximum atomic E-state index is 12.1. The Morgan fingerprint density at radius 1 is 1.11 bits per heavy atom. The second-order valence-electron chi connectivity index (χ2n) is 5.51. The standard InChI is InChI=1S/C19H20N4O2S2/c1-2-25-16-10-8-15(9-11-16)21-17(24)13-26-19-23-22-18(27-19)20-12-14-6-4-3-5-7-14/h3-11H,2,12-13H2,1H3,(H,20,22)(H,21,24). The lowest BCUT2D eigenvalue weighted by Crippen LogP contribution is -2.13. The second-order valence-corrected chi connectivity index (χ2v) is 7.71. The van der Waals surface area contributed by atoms with Crippen molar-refractivity contribution in [2.45, 2.75) is 17.8 Å². The maximum Gasteiger partial charge on any atom is 0.234 e. The van der Waals surface area contributed by atoms with E-state index in [0.29, 0.717) is 13.2 Å². The largest absolute Gasteiger partial charge is 0.494 e. The first-order chi connectivity index (χ1) is 13.2. The molecule has 1 amide bonds. The van der Waals surface area contributed by atoms with Crippen LogP contribution in [0.5, 0.6) is 5.75 Å². The molecule has 0 aliphatic carbocycles. The Bertz CT molecular complexity index is 854. The zero-order chi connectivity index (χ0) is 18.9. The van der Waals surface area contributed by atoms with E-state index in [1.807, 2.05) is 49.4 Å². The summed E-state index contributed by atoms with van der Waals surface area (Å²) in [5.74, 6) is 0.980. The molecule has 1 aromatic heterocycles. The Kier molecular flexibility index (Phi) is 7.06. The van der Waals surface area contributed by atoms with Crippen LogP contribution >= 0.6 is 23.1 Å². The van der Waals surface area contributed by atoms with Gasteiger partial charge in [0.25, 0.3) is 0 Å². The van der Waals surface area contributed by atoms with Crippen molar-refractivity contribution < 1.29 is 9.53 Å². The highest BCUT2D eigenvalue weighted by Gasteiger charge is 2.09. The van der Waals surface area contributed by atoms with E-state index in [0.717, 1.165) is 20.9 Å². The van der Waals surface area contributed by atoms with Crippen LogP contribution < -0.4 is 15.4 Å². The van der Waals surface area contributed by atoms with Crippen LogP contribution in [0.4, 0.5) is 10.8 Å². The molecule has 0 radical (unpaired) electrons. The van der Waals surface area contributed by atoms with Crippen molar-refractivity contribution in [1.29, 1.82) is 0 Å². The Hall–Kier alpha value is -2.58. The molecule has 3 aromatic rings. The van der Waals surface area contributed by atoms with Gasteiger partial charge in [-0.2, -0.15) is 0 Å². The van der Waals surface area contributed by atoms with Crippen molar-refractivity contribution in [2.75, 3.05) is 23.0 Å². The van der Waals surface area contributed by atoms with E-state index < -0.39 is 0 Å². The minimum Gasteiger partial charge on any atom is -0.494 e. The predicted octanol–water partition coefficient (Wildman–Crippen LogP) is 4.28. The van der Waals surface area contributed by atoms with Crippen molar-refractivity contribution in [3.05, 3.63) is 60.2 Å². The number of nitrogens with one attached hydrogen (secondary N) is 2. The lowest BCUT2D eigenvalue weighted by molar-refractivity contribution is -0.113. The number of rotatable bonds is 9. The van der Waals surface area contributed by atoms with E-state index in [9.17, 15) is 4.79 Å². The van der Waals surface area contributed by atoms with E-state index >= 15 is 0 Å². The van der Waals surface area contributed by atoms with Gasteiger partial charge in [-0.3, -0.25) is 4.79 Å². The molecule has 0 saturated heterocycles. The fourth-order valence-corrected chi connectivity index (χ4v) is 3.79. The van der Waals surface area contributed by atoms with Gasteiger partial charge in [-0.05, 0) is 36.8 Å².